The summed E-state index contributed by atoms with van der Waals surface area (Å²) in [6.45, 7) is 1.57. The van der Waals surface area contributed by atoms with Crippen LogP contribution in [0.2, 0.25) is 10.0 Å². The summed E-state index contributed by atoms with van der Waals surface area (Å²) in [6, 6.07) is 10.8. The van der Waals surface area contributed by atoms with Crippen LogP contribution in [-0.2, 0) is 0 Å². The number of carbonyl (C=O) groups excluding carboxylic acids is 1. The number of rotatable bonds is 4. The lowest BCUT2D eigenvalue weighted by Crippen LogP contribution is -2.37. The fourth-order valence-electron chi connectivity index (χ4n) is 2.96. The maximum absolute atomic E-state index is 12.6. The second-order valence-electron chi connectivity index (χ2n) is 5.96. The normalized spacial score (nSPS) is 15.5. The molecule has 1 aliphatic rings. The number of benzene rings is 2. The van der Waals surface area contributed by atoms with Gasteiger partial charge in [0.05, 0.1) is 23.4 Å². The number of nitrogens with one attached hydrogen (secondary N) is 1. The Morgan fingerprint density at radius 2 is 2.00 bits per heavy atom. The molecule has 1 atom stereocenters. The molecule has 0 aliphatic carbocycles. The van der Waals surface area contributed by atoms with Gasteiger partial charge < -0.3 is 20.7 Å². The van der Waals surface area contributed by atoms with E-state index in [1.165, 1.54) is 13.2 Å². The monoisotopic (exact) mass is 451 g/mol. The lowest BCUT2D eigenvalue weighted by Gasteiger charge is -2.19. The maximum atomic E-state index is 12.6. The summed E-state index contributed by atoms with van der Waals surface area (Å²) in [5, 5.41) is 4.07. The molecule has 5 nitrogen and oxygen atoms in total. The Kier molecular flexibility index (Phi) is 8.82. The van der Waals surface area contributed by atoms with Crippen molar-refractivity contribution in [1.29, 1.82) is 0 Å². The van der Waals surface area contributed by atoms with Crippen molar-refractivity contribution in [3.8, 4) is 5.75 Å². The molecule has 1 aliphatic heterocycles. The minimum absolute atomic E-state index is 0. The summed E-state index contributed by atoms with van der Waals surface area (Å²) in [4.78, 5) is 14.8. The summed E-state index contributed by atoms with van der Waals surface area (Å²) in [5.41, 5.74) is 7.57. The first-order valence-electron chi connectivity index (χ1n) is 7.92. The van der Waals surface area contributed by atoms with Crippen molar-refractivity contribution in [2.75, 3.05) is 30.8 Å². The van der Waals surface area contributed by atoms with Crippen LogP contribution in [0.15, 0.2) is 36.4 Å². The van der Waals surface area contributed by atoms with Crippen molar-refractivity contribution in [2.24, 2.45) is 0 Å². The molecule has 0 bridgehead atoms. The molecule has 3 rings (SSSR count). The highest BCUT2D eigenvalue weighted by atomic mass is 35.5. The first-order valence-corrected chi connectivity index (χ1v) is 8.68. The van der Waals surface area contributed by atoms with E-state index in [9.17, 15) is 4.79 Å². The van der Waals surface area contributed by atoms with Gasteiger partial charge in [0.25, 0.3) is 5.91 Å². The molecule has 0 spiro atoms. The Balaban J connectivity index is 0.00000182. The number of hydrogen-bond donors (Lipinski definition) is 2. The minimum Gasteiger partial charge on any atom is -0.496 e. The number of carbonyl (C=O) groups is 1. The third-order valence-electron chi connectivity index (χ3n) is 4.26. The SMILES string of the molecule is COc1cc(N)c(Cl)cc1C(=O)NC1CCN(c2cccc(Cl)c2)C1.Cl.Cl. The average Bonchev–Trinajstić information content (AvgIpc) is 3.05. The molecule has 2 aromatic rings. The number of halogens is 4. The Morgan fingerprint density at radius 1 is 1.26 bits per heavy atom. The number of ether oxygens (including phenoxy) is 1. The molecule has 3 N–H and O–H groups in total. The first kappa shape index (κ1) is 23.5. The van der Waals surface area contributed by atoms with Crippen molar-refractivity contribution in [3.05, 3.63) is 52.0 Å². The van der Waals surface area contributed by atoms with E-state index in [2.05, 4.69) is 10.2 Å². The van der Waals surface area contributed by atoms with E-state index in [-0.39, 0.29) is 36.8 Å². The predicted molar refractivity (Wildman–Crippen MR) is 116 cm³/mol. The van der Waals surface area contributed by atoms with Crippen LogP contribution in [0.4, 0.5) is 11.4 Å². The van der Waals surface area contributed by atoms with Crippen LogP contribution in [0.25, 0.3) is 0 Å². The van der Waals surface area contributed by atoms with E-state index in [1.807, 2.05) is 24.3 Å². The van der Waals surface area contributed by atoms with Gasteiger partial charge in [-0.2, -0.15) is 0 Å². The van der Waals surface area contributed by atoms with Crippen molar-refractivity contribution in [2.45, 2.75) is 12.5 Å². The highest BCUT2D eigenvalue weighted by molar-refractivity contribution is 6.33. The molecule has 9 heteroatoms. The quantitative estimate of drug-likeness (QED) is 0.673. The molecule has 1 heterocycles. The van der Waals surface area contributed by atoms with Gasteiger partial charge in [-0.05, 0) is 30.7 Å². The summed E-state index contributed by atoms with van der Waals surface area (Å²) in [6.07, 6.45) is 0.850. The van der Waals surface area contributed by atoms with Gasteiger partial charge in [0.15, 0.2) is 0 Å². The van der Waals surface area contributed by atoms with Gasteiger partial charge in [0, 0.05) is 35.9 Å². The van der Waals surface area contributed by atoms with E-state index in [0.29, 0.717) is 27.0 Å². The van der Waals surface area contributed by atoms with Crippen molar-refractivity contribution in [3.63, 3.8) is 0 Å². The van der Waals surface area contributed by atoms with Gasteiger partial charge in [-0.1, -0.05) is 29.3 Å². The van der Waals surface area contributed by atoms with Crippen LogP contribution in [0.1, 0.15) is 16.8 Å². The molecule has 1 fully saturated rings. The third kappa shape index (κ3) is 5.48. The topological polar surface area (TPSA) is 67.6 Å². The van der Waals surface area contributed by atoms with E-state index < -0.39 is 0 Å². The highest BCUT2D eigenvalue weighted by Gasteiger charge is 2.26. The second-order valence-corrected chi connectivity index (χ2v) is 6.80. The van der Waals surface area contributed by atoms with Crippen molar-refractivity contribution in [1.82, 2.24) is 5.32 Å². The van der Waals surface area contributed by atoms with Crippen molar-refractivity contribution < 1.29 is 9.53 Å². The van der Waals surface area contributed by atoms with E-state index >= 15 is 0 Å². The molecule has 1 amide bonds. The van der Waals surface area contributed by atoms with Gasteiger partial charge in [0.2, 0.25) is 0 Å². The lowest BCUT2D eigenvalue weighted by molar-refractivity contribution is 0.0937. The average molecular weight is 453 g/mol. The molecular formula is C18H21Cl4N3O2. The third-order valence-corrected chi connectivity index (χ3v) is 4.82. The number of nitrogens with zero attached hydrogens (tertiary/aromatic N) is 1. The molecule has 27 heavy (non-hydrogen) atoms. The summed E-state index contributed by atoms with van der Waals surface area (Å²) in [7, 11) is 1.50. The Labute approximate surface area is 181 Å². The summed E-state index contributed by atoms with van der Waals surface area (Å²) < 4.78 is 5.25. The van der Waals surface area contributed by atoms with Crippen LogP contribution < -0.4 is 20.7 Å². The van der Waals surface area contributed by atoms with Gasteiger partial charge >= 0.3 is 0 Å². The molecule has 1 saturated heterocycles. The zero-order valence-electron chi connectivity index (χ0n) is 14.6. The maximum Gasteiger partial charge on any atom is 0.255 e. The smallest absolute Gasteiger partial charge is 0.255 e. The number of methoxy groups -OCH3 is 1. The molecule has 1 unspecified atom stereocenters. The Morgan fingerprint density at radius 3 is 2.67 bits per heavy atom. The fraction of sp³-hybridized carbons (Fsp3) is 0.278. The molecule has 2 aromatic carbocycles. The predicted octanol–water partition coefficient (Wildman–Crippen LogP) is 4.44. The molecular weight excluding hydrogens is 432 g/mol. The van der Waals surface area contributed by atoms with Crippen LogP contribution in [-0.4, -0.2) is 32.1 Å². The zero-order valence-corrected chi connectivity index (χ0v) is 17.7. The number of nitrogen functional groups attached to an aromatic ring is 1. The Bertz CT molecular complexity index is 804. The zero-order chi connectivity index (χ0) is 18.0. The van der Waals surface area contributed by atoms with Gasteiger partial charge in [-0.25, -0.2) is 0 Å². The van der Waals surface area contributed by atoms with Gasteiger partial charge in [-0.3, -0.25) is 4.79 Å². The fourth-order valence-corrected chi connectivity index (χ4v) is 3.31. The number of nitrogens with two attached hydrogens (primary N) is 1. The molecule has 0 radical (unpaired) electrons. The number of anilines is 2. The first-order chi connectivity index (χ1) is 12.0. The summed E-state index contributed by atoms with van der Waals surface area (Å²) >= 11 is 12.1. The van der Waals surface area contributed by atoms with Crippen LogP contribution in [0, 0.1) is 0 Å². The highest BCUT2D eigenvalue weighted by Crippen LogP contribution is 2.29. The van der Waals surface area contributed by atoms with E-state index in [0.717, 1.165) is 25.2 Å². The lowest BCUT2D eigenvalue weighted by atomic mass is 10.1. The molecule has 0 saturated carbocycles. The number of amides is 1. The van der Waals surface area contributed by atoms with Crippen LogP contribution in [0.3, 0.4) is 0 Å². The van der Waals surface area contributed by atoms with Crippen LogP contribution in [0.5, 0.6) is 5.75 Å². The van der Waals surface area contributed by atoms with Crippen LogP contribution >= 0.6 is 48.0 Å². The van der Waals surface area contributed by atoms with Gasteiger partial charge in [-0.15, -0.1) is 24.8 Å². The largest absolute Gasteiger partial charge is 0.496 e. The van der Waals surface area contributed by atoms with Crippen molar-refractivity contribution >= 4 is 65.3 Å². The van der Waals surface area contributed by atoms with E-state index in [1.54, 1.807) is 6.07 Å². The molecule has 148 valence electrons. The standard InChI is InChI=1S/C18H19Cl2N3O2.2ClH/c1-25-17-9-16(21)15(20)8-14(17)18(24)22-12-5-6-23(10-12)13-4-2-3-11(19)7-13;;/h2-4,7-9,12H,5-6,10,21H2,1H3,(H,22,24);2*1H. The number of hydrogen-bond acceptors (Lipinski definition) is 4. The minimum atomic E-state index is -0.225. The second kappa shape index (κ2) is 10.1. The van der Waals surface area contributed by atoms with Gasteiger partial charge in [0.1, 0.15) is 5.75 Å². The Hall–Kier alpha value is -1.53. The molecule has 0 aromatic heterocycles. The summed E-state index contributed by atoms with van der Waals surface area (Å²) in [5.74, 6) is 0.181. The van der Waals surface area contributed by atoms with E-state index in [4.69, 9.17) is 33.7 Å².